The summed E-state index contributed by atoms with van der Waals surface area (Å²) < 4.78 is 5.07. The predicted molar refractivity (Wildman–Crippen MR) is 94.3 cm³/mol. The van der Waals surface area contributed by atoms with Crippen molar-refractivity contribution in [3.8, 4) is 0 Å². The number of nitrogens with zero attached hydrogens (tertiary/aromatic N) is 1. The van der Waals surface area contributed by atoms with E-state index < -0.39 is 0 Å². The SMILES string of the molecule is C=CCOC(=O)N1CCc2c(sc(N)c2C(=O)c2ccccc2)C1. The zero-order valence-electron chi connectivity index (χ0n) is 13.2. The number of hydrogen-bond acceptors (Lipinski definition) is 5. The van der Waals surface area contributed by atoms with Gasteiger partial charge in [-0.1, -0.05) is 43.0 Å². The van der Waals surface area contributed by atoms with Crippen LogP contribution in [0.4, 0.5) is 9.80 Å². The highest BCUT2D eigenvalue weighted by Gasteiger charge is 2.29. The van der Waals surface area contributed by atoms with Gasteiger partial charge in [0.25, 0.3) is 0 Å². The molecule has 124 valence electrons. The molecule has 2 aromatic rings. The van der Waals surface area contributed by atoms with Gasteiger partial charge in [-0.3, -0.25) is 4.79 Å². The third kappa shape index (κ3) is 3.05. The van der Waals surface area contributed by atoms with E-state index in [1.807, 2.05) is 18.2 Å². The molecule has 0 saturated carbocycles. The van der Waals surface area contributed by atoms with Crippen LogP contribution in [0.2, 0.25) is 0 Å². The molecule has 5 nitrogen and oxygen atoms in total. The van der Waals surface area contributed by atoms with Crippen molar-refractivity contribution in [2.24, 2.45) is 0 Å². The fourth-order valence-corrected chi connectivity index (χ4v) is 3.92. The first-order chi connectivity index (χ1) is 11.6. The normalized spacial score (nSPS) is 13.2. The lowest BCUT2D eigenvalue weighted by Gasteiger charge is -2.26. The van der Waals surface area contributed by atoms with Gasteiger partial charge in [-0.25, -0.2) is 4.79 Å². The van der Waals surface area contributed by atoms with Gasteiger partial charge in [0, 0.05) is 17.0 Å². The Morgan fingerprint density at radius 2 is 2.08 bits per heavy atom. The molecule has 0 atom stereocenters. The molecule has 1 amide bonds. The Morgan fingerprint density at radius 1 is 1.33 bits per heavy atom. The Morgan fingerprint density at radius 3 is 2.79 bits per heavy atom. The average molecular weight is 342 g/mol. The van der Waals surface area contributed by atoms with Crippen LogP contribution in [0.5, 0.6) is 0 Å². The predicted octanol–water partition coefficient (Wildman–Crippen LogP) is 3.24. The Labute approximate surface area is 144 Å². The zero-order chi connectivity index (χ0) is 17.1. The van der Waals surface area contributed by atoms with Crippen LogP contribution in [0.25, 0.3) is 0 Å². The van der Waals surface area contributed by atoms with Crippen LogP contribution < -0.4 is 5.73 Å². The number of ether oxygens (including phenoxy) is 1. The molecule has 1 aromatic carbocycles. The lowest BCUT2D eigenvalue weighted by Crippen LogP contribution is -2.36. The maximum absolute atomic E-state index is 12.8. The van der Waals surface area contributed by atoms with E-state index in [4.69, 9.17) is 10.5 Å². The van der Waals surface area contributed by atoms with Gasteiger partial charge in [-0.05, 0) is 12.0 Å². The van der Waals surface area contributed by atoms with E-state index >= 15 is 0 Å². The highest BCUT2D eigenvalue weighted by molar-refractivity contribution is 7.16. The third-order valence-corrected chi connectivity index (χ3v) is 4.98. The number of benzene rings is 1. The summed E-state index contributed by atoms with van der Waals surface area (Å²) in [5.41, 5.74) is 8.27. The van der Waals surface area contributed by atoms with Crippen LogP contribution in [0, 0.1) is 0 Å². The number of rotatable bonds is 4. The molecule has 6 heteroatoms. The summed E-state index contributed by atoms with van der Waals surface area (Å²) in [4.78, 5) is 27.3. The van der Waals surface area contributed by atoms with Crippen molar-refractivity contribution in [1.82, 2.24) is 4.90 Å². The van der Waals surface area contributed by atoms with Crippen LogP contribution in [0.3, 0.4) is 0 Å². The van der Waals surface area contributed by atoms with Crippen LogP contribution in [0.1, 0.15) is 26.4 Å². The van der Waals surface area contributed by atoms with E-state index in [0.29, 0.717) is 35.6 Å². The molecule has 1 aromatic heterocycles. The summed E-state index contributed by atoms with van der Waals surface area (Å²) >= 11 is 1.37. The standard InChI is InChI=1S/C18H18N2O3S/c1-2-10-23-18(22)20-9-8-13-14(11-20)24-17(19)15(13)16(21)12-6-4-3-5-7-12/h2-7H,1,8-11,19H2. The first-order valence-electron chi connectivity index (χ1n) is 7.64. The van der Waals surface area contributed by atoms with Crippen LogP contribution in [0.15, 0.2) is 43.0 Å². The van der Waals surface area contributed by atoms with Crippen molar-refractivity contribution in [1.29, 1.82) is 0 Å². The molecule has 0 bridgehead atoms. The minimum atomic E-state index is -0.372. The molecule has 3 rings (SSSR count). The van der Waals surface area contributed by atoms with Gasteiger partial charge < -0.3 is 15.4 Å². The molecule has 0 spiro atoms. The van der Waals surface area contributed by atoms with Crippen molar-refractivity contribution in [3.05, 3.63) is 64.6 Å². The molecule has 0 radical (unpaired) electrons. The van der Waals surface area contributed by atoms with Gasteiger partial charge >= 0.3 is 6.09 Å². The highest BCUT2D eigenvalue weighted by Crippen LogP contribution is 2.36. The molecule has 0 fully saturated rings. The summed E-state index contributed by atoms with van der Waals surface area (Å²) in [6, 6.07) is 9.11. The molecule has 0 unspecified atom stereocenters. The van der Waals surface area contributed by atoms with Crippen molar-refractivity contribution in [3.63, 3.8) is 0 Å². The number of thiophene rings is 1. The second kappa shape index (κ2) is 6.88. The monoisotopic (exact) mass is 342 g/mol. The Kier molecular flexibility index (Phi) is 4.66. The summed E-state index contributed by atoms with van der Waals surface area (Å²) in [5.74, 6) is -0.0618. The summed E-state index contributed by atoms with van der Waals surface area (Å²) in [6.45, 7) is 4.64. The summed E-state index contributed by atoms with van der Waals surface area (Å²) in [7, 11) is 0. The van der Waals surface area contributed by atoms with Gasteiger partial charge in [-0.15, -0.1) is 11.3 Å². The van der Waals surface area contributed by atoms with E-state index in [9.17, 15) is 9.59 Å². The molecule has 0 aliphatic carbocycles. The fourth-order valence-electron chi connectivity index (χ4n) is 2.78. The maximum Gasteiger partial charge on any atom is 0.410 e. The van der Waals surface area contributed by atoms with E-state index in [-0.39, 0.29) is 18.5 Å². The maximum atomic E-state index is 12.8. The quantitative estimate of drug-likeness (QED) is 0.684. The van der Waals surface area contributed by atoms with Crippen molar-refractivity contribution in [2.45, 2.75) is 13.0 Å². The lowest BCUT2D eigenvalue weighted by atomic mass is 9.96. The highest BCUT2D eigenvalue weighted by atomic mass is 32.1. The molecule has 0 saturated heterocycles. The topological polar surface area (TPSA) is 72.6 Å². The Hall–Kier alpha value is -2.60. The number of ketones is 1. The number of nitrogen functional groups attached to an aromatic ring is 1. The summed E-state index contributed by atoms with van der Waals surface area (Å²) in [6.07, 6.45) is 1.76. The number of amides is 1. The largest absolute Gasteiger partial charge is 0.445 e. The van der Waals surface area contributed by atoms with Gasteiger partial charge in [0.2, 0.25) is 0 Å². The summed E-state index contributed by atoms with van der Waals surface area (Å²) in [5, 5.41) is 0.509. The number of nitrogens with two attached hydrogens (primary N) is 1. The van der Waals surface area contributed by atoms with Crippen molar-refractivity contribution in [2.75, 3.05) is 18.9 Å². The molecule has 2 heterocycles. The smallest absolute Gasteiger partial charge is 0.410 e. The van der Waals surface area contributed by atoms with Crippen molar-refractivity contribution < 1.29 is 14.3 Å². The molecule has 1 aliphatic rings. The van der Waals surface area contributed by atoms with Crippen LogP contribution >= 0.6 is 11.3 Å². The van der Waals surface area contributed by atoms with Gasteiger partial charge in [0.1, 0.15) is 6.61 Å². The Bertz CT molecular complexity index is 783. The fraction of sp³-hybridized carbons (Fsp3) is 0.222. The third-order valence-electron chi connectivity index (χ3n) is 3.93. The van der Waals surface area contributed by atoms with Crippen LogP contribution in [-0.4, -0.2) is 29.9 Å². The zero-order valence-corrected chi connectivity index (χ0v) is 14.0. The number of carbonyl (C=O) groups is 2. The molecule has 24 heavy (non-hydrogen) atoms. The van der Waals surface area contributed by atoms with Gasteiger partial charge in [-0.2, -0.15) is 0 Å². The number of fused-ring (bicyclic) bond motifs is 1. The van der Waals surface area contributed by atoms with Crippen molar-refractivity contribution >= 4 is 28.2 Å². The number of anilines is 1. The van der Waals surface area contributed by atoms with Crippen LogP contribution in [-0.2, 0) is 17.7 Å². The molecule has 2 N–H and O–H groups in total. The molecule has 1 aliphatic heterocycles. The average Bonchev–Trinajstić information content (AvgIpc) is 2.94. The van der Waals surface area contributed by atoms with E-state index in [0.717, 1.165) is 10.4 Å². The van der Waals surface area contributed by atoms with E-state index in [1.54, 1.807) is 17.0 Å². The first kappa shape index (κ1) is 16.3. The number of carbonyl (C=O) groups excluding carboxylic acids is 2. The minimum absolute atomic E-state index is 0.0618. The van der Waals surface area contributed by atoms with E-state index in [2.05, 4.69) is 6.58 Å². The second-order valence-electron chi connectivity index (χ2n) is 5.48. The minimum Gasteiger partial charge on any atom is -0.445 e. The first-order valence-corrected chi connectivity index (χ1v) is 8.45. The Balaban J connectivity index is 1.85. The molecular formula is C18H18N2O3S. The lowest BCUT2D eigenvalue weighted by molar-refractivity contribution is 0.103. The van der Waals surface area contributed by atoms with Gasteiger partial charge in [0.05, 0.1) is 17.1 Å². The van der Waals surface area contributed by atoms with Gasteiger partial charge in [0.15, 0.2) is 5.78 Å². The molecular weight excluding hydrogens is 324 g/mol. The van der Waals surface area contributed by atoms with E-state index in [1.165, 1.54) is 17.4 Å². The number of hydrogen-bond donors (Lipinski definition) is 1. The second-order valence-corrected chi connectivity index (χ2v) is 6.61.